The van der Waals surface area contributed by atoms with Crippen molar-refractivity contribution in [3.8, 4) is 11.5 Å². The van der Waals surface area contributed by atoms with Gasteiger partial charge in [-0.1, -0.05) is 42.5 Å². The molecule has 4 aromatic rings. The SMILES string of the molecule is COc1cc(/C=N/NC(=O)c2cc(F)ccc2F)ccc1OCc1cccc2ccccc12. The molecule has 0 radical (unpaired) electrons. The van der Waals surface area contributed by atoms with Crippen LogP contribution in [0, 0.1) is 11.6 Å². The number of nitrogens with zero attached hydrogens (tertiary/aromatic N) is 1. The molecular formula is C26H20F2N2O3. The third kappa shape index (κ3) is 5.15. The summed E-state index contributed by atoms with van der Waals surface area (Å²) >= 11 is 0. The molecule has 5 nitrogen and oxygen atoms in total. The largest absolute Gasteiger partial charge is 0.493 e. The highest BCUT2D eigenvalue weighted by Crippen LogP contribution is 2.29. The van der Waals surface area contributed by atoms with Crippen LogP contribution in [-0.2, 0) is 6.61 Å². The topological polar surface area (TPSA) is 59.9 Å². The lowest BCUT2D eigenvalue weighted by atomic mass is 10.1. The molecule has 166 valence electrons. The van der Waals surface area contributed by atoms with Gasteiger partial charge in [-0.25, -0.2) is 14.2 Å². The first-order valence-electron chi connectivity index (χ1n) is 10.1. The predicted octanol–water partition coefficient (Wildman–Crippen LogP) is 5.47. The van der Waals surface area contributed by atoms with Gasteiger partial charge in [0.05, 0.1) is 18.9 Å². The van der Waals surface area contributed by atoms with Crippen molar-refractivity contribution in [2.75, 3.05) is 7.11 Å². The number of methoxy groups -OCH3 is 1. The average molecular weight is 446 g/mol. The molecule has 0 aliphatic carbocycles. The number of amides is 1. The van der Waals surface area contributed by atoms with Crippen LogP contribution in [-0.4, -0.2) is 19.2 Å². The van der Waals surface area contributed by atoms with Crippen molar-refractivity contribution in [3.63, 3.8) is 0 Å². The van der Waals surface area contributed by atoms with Crippen LogP contribution >= 0.6 is 0 Å². The Morgan fingerprint density at radius 1 is 0.970 bits per heavy atom. The van der Waals surface area contributed by atoms with E-state index in [0.29, 0.717) is 23.7 Å². The van der Waals surface area contributed by atoms with Crippen LogP contribution in [0.25, 0.3) is 10.8 Å². The summed E-state index contributed by atoms with van der Waals surface area (Å²) in [5.74, 6) is -1.37. The summed E-state index contributed by atoms with van der Waals surface area (Å²) in [5, 5.41) is 6.07. The van der Waals surface area contributed by atoms with Gasteiger partial charge in [-0.2, -0.15) is 5.10 Å². The van der Waals surface area contributed by atoms with Gasteiger partial charge in [-0.3, -0.25) is 4.79 Å². The molecule has 0 spiro atoms. The van der Waals surface area contributed by atoms with Crippen molar-refractivity contribution in [1.82, 2.24) is 5.43 Å². The summed E-state index contributed by atoms with van der Waals surface area (Å²) in [6.45, 7) is 0.362. The Morgan fingerprint density at radius 3 is 2.64 bits per heavy atom. The molecular weight excluding hydrogens is 426 g/mol. The number of fused-ring (bicyclic) bond motifs is 1. The fourth-order valence-electron chi connectivity index (χ4n) is 3.35. The Labute approximate surface area is 189 Å². The van der Waals surface area contributed by atoms with E-state index in [1.807, 2.05) is 24.3 Å². The summed E-state index contributed by atoms with van der Waals surface area (Å²) in [7, 11) is 1.52. The maximum atomic E-state index is 13.7. The Morgan fingerprint density at radius 2 is 1.79 bits per heavy atom. The molecule has 0 saturated heterocycles. The van der Waals surface area contributed by atoms with E-state index in [1.165, 1.54) is 13.3 Å². The molecule has 0 saturated carbocycles. The zero-order valence-electron chi connectivity index (χ0n) is 17.7. The third-order valence-electron chi connectivity index (χ3n) is 5.00. The zero-order chi connectivity index (χ0) is 23.2. The molecule has 0 fully saturated rings. The Hall–Kier alpha value is -4.26. The molecule has 0 bridgehead atoms. The van der Waals surface area contributed by atoms with Gasteiger partial charge in [0.2, 0.25) is 0 Å². The minimum atomic E-state index is -0.856. The van der Waals surface area contributed by atoms with E-state index in [4.69, 9.17) is 9.47 Å². The van der Waals surface area contributed by atoms with E-state index in [-0.39, 0.29) is 0 Å². The van der Waals surface area contributed by atoms with Crippen LogP contribution in [0.5, 0.6) is 11.5 Å². The minimum absolute atomic E-state index is 0.362. The molecule has 33 heavy (non-hydrogen) atoms. The molecule has 0 aromatic heterocycles. The summed E-state index contributed by atoms with van der Waals surface area (Å²) in [6.07, 6.45) is 1.37. The number of rotatable bonds is 7. The van der Waals surface area contributed by atoms with Gasteiger partial charge in [0.1, 0.15) is 18.2 Å². The van der Waals surface area contributed by atoms with Crippen molar-refractivity contribution in [2.45, 2.75) is 6.61 Å². The van der Waals surface area contributed by atoms with Gasteiger partial charge < -0.3 is 9.47 Å². The molecule has 1 amide bonds. The molecule has 4 aromatic carbocycles. The van der Waals surface area contributed by atoms with E-state index in [2.05, 4.69) is 28.7 Å². The zero-order valence-corrected chi connectivity index (χ0v) is 17.7. The van der Waals surface area contributed by atoms with Crippen molar-refractivity contribution in [2.24, 2.45) is 5.10 Å². The van der Waals surface area contributed by atoms with E-state index < -0.39 is 23.1 Å². The van der Waals surface area contributed by atoms with Crippen LogP contribution in [0.4, 0.5) is 8.78 Å². The smallest absolute Gasteiger partial charge is 0.274 e. The standard InChI is InChI=1S/C26H20F2N2O3/c1-32-25-13-17(15-29-30-26(31)22-14-20(27)10-11-23(22)28)9-12-24(25)33-16-19-7-4-6-18-5-2-3-8-21(18)19/h2-15H,16H2,1H3,(H,30,31)/b29-15+. The monoisotopic (exact) mass is 446 g/mol. The summed E-state index contributed by atoms with van der Waals surface area (Å²) in [6, 6.07) is 21.9. The molecule has 4 rings (SSSR count). The number of nitrogens with one attached hydrogen (secondary N) is 1. The maximum Gasteiger partial charge on any atom is 0.274 e. The lowest BCUT2D eigenvalue weighted by Crippen LogP contribution is -2.19. The number of ether oxygens (including phenoxy) is 2. The van der Waals surface area contributed by atoms with Gasteiger partial charge in [0, 0.05) is 0 Å². The number of hydrogen-bond donors (Lipinski definition) is 1. The molecule has 0 aliphatic heterocycles. The summed E-state index contributed by atoms with van der Waals surface area (Å²) < 4.78 is 38.3. The van der Waals surface area contributed by atoms with E-state index in [1.54, 1.807) is 18.2 Å². The van der Waals surface area contributed by atoms with Crippen molar-refractivity contribution in [1.29, 1.82) is 0 Å². The van der Waals surface area contributed by atoms with E-state index >= 15 is 0 Å². The second-order valence-electron chi connectivity index (χ2n) is 7.16. The first-order chi connectivity index (χ1) is 16.0. The molecule has 7 heteroatoms. The average Bonchev–Trinajstić information content (AvgIpc) is 2.84. The Bertz CT molecular complexity index is 1330. The van der Waals surface area contributed by atoms with Gasteiger partial charge >= 0.3 is 0 Å². The van der Waals surface area contributed by atoms with Gasteiger partial charge in [-0.15, -0.1) is 0 Å². The number of hydrazone groups is 1. The third-order valence-corrected chi connectivity index (χ3v) is 5.00. The lowest BCUT2D eigenvalue weighted by molar-refractivity contribution is 0.0950. The van der Waals surface area contributed by atoms with Crippen LogP contribution in [0.1, 0.15) is 21.5 Å². The predicted molar refractivity (Wildman–Crippen MR) is 123 cm³/mol. The first kappa shape index (κ1) is 22.0. The van der Waals surface area contributed by atoms with Crippen molar-refractivity contribution in [3.05, 3.63) is 107 Å². The number of carbonyl (C=O) groups excluding carboxylic acids is 1. The molecule has 0 unspecified atom stereocenters. The quantitative estimate of drug-likeness (QED) is 0.303. The molecule has 1 N–H and O–H groups in total. The fraction of sp³-hybridized carbons (Fsp3) is 0.0769. The van der Waals surface area contributed by atoms with Gasteiger partial charge in [0.15, 0.2) is 11.5 Å². The highest BCUT2D eigenvalue weighted by atomic mass is 19.1. The van der Waals surface area contributed by atoms with Gasteiger partial charge in [0.25, 0.3) is 5.91 Å². The molecule has 0 aliphatic rings. The molecule has 0 heterocycles. The lowest BCUT2D eigenvalue weighted by Gasteiger charge is -2.12. The minimum Gasteiger partial charge on any atom is -0.493 e. The van der Waals surface area contributed by atoms with Crippen molar-refractivity contribution >= 4 is 22.9 Å². The normalized spacial score (nSPS) is 11.0. The summed E-state index contributed by atoms with van der Waals surface area (Å²) in [5.41, 5.74) is 3.42. The maximum absolute atomic E-state index is 13.7. The Balaban J connectivity index is 1.44. The number of halogens is 2. The first-order valence-corrected chi connectivity index (χ1v) is 10.1. The van der Waals surface area contributed by atoms with Crippen LogP contribution < -0.4 is 14.9 Å². The number of benzene rings is 4. The number of hydrogen-bond acceptors (Lipinski definition) is 4. The van der Waals surface area contributed by atoms with Crippen molar-refractivity contribution < 1.29 is 23.0 Å². The van der Waals surface area contributed by atoms with E-state index in [0.717, 1.165) is 34.5 Å². The Kier molecular flexibility index (Phi) is 6.59. The summed E-state index contributed by atoms with van der Waals surface area (Å²) in [4.78, 5) is 12.0. The van der Waals surface area contributed by atoms with Crippen LogP contribution in [0.2, 0.25) is 0 Å². The number of carbonyl (C=O) groups is 1. The van der Waals surface area contributed by atoms with Gasteiger partial charge in [-0.05, 0) is 58.3 Å². The molecule has 0 atom stereocenters. The second-order valence-corrected chi connectivity index (χ2v) is 7.16. The van der Waals surface area contributed by atoms with Crippen LogP contribution in [0.15, 0.2) is 84.0 Å². The van der Waals surface area contributed by atoms with E-state index in [9.17, 15) is 13.6 Å². The highest BCUT2D eigenvalue weighted by molar-refractivity contribution is 5.95. The van der Waals surface area contributed by atoms with Crippen LogP contribution in [0.3, 0.4) is 0 Å². The highest BCUT2D eigenvalue weighted by Gasteiger charge is 2.12. The fourth-order valence-corrected chi connectivity index (χ4v) is 3.35. The second kappa shape index (κ2) is 9.91.